The highest BCUT2D eigenvalue weighted by Crippen LogP contribution is 2.37. The Kier molecular flexibility index (Phi) is 5.49. The molecule has 6 heteroatoms. The summed E-state index contributed by atoms with van der Waals surface area (Å²) in [6.07, 6.45) is 3.38. The number of aromatic nitrogens is 1. The van der Waals surface area contributed by atoms with E-state index < -0.39 is 8.32 Å². The van der Waals surface area contributed by atoms with Crippen LogP contribution in [0.2, 0.25) is 18.1 Å². The van der Waals surface area contributed by atoms with Crippen molar-refractivity contribution < 1.29 is 4.43 Å². The zero-order valence-electron chi connectivity index (χ0n) is 14.5. The molecule has 1 aromatic rings. The van der Waals surface area contributed by atoms with Crippen LogP contribution in [0.5, 0.6) is 0 Å². The first-order chi connectivity index (χ1) is 10.1. The summed E-state index contributed by atoms with van der Waals surface area (Å²) >= 11 is 6.78. The predicted molar refractivity (Wildman–Crippen MR) is 102 cm³/mol. The Balaban J connectivity index is 1.99. The lowest BCUT2D eigenvalue weighted by Crippen LogP contribution is -2.46. The van der Waals surface area contributed by atoms with Crippen LogP contribution in [0.4, 0.5) is 0 Å². The zero-order valence-corrected chi connectivity index (χ0v) is 17.2. The molecular formula is C16H28N2OS2Si. The molecule has 3 nitrogen and oxygen atoms in total. The van der Waals surface area contributed by atoms with Gasteiger partial charge in [-0.3, -0.25) is 4.90 Å². The first-order valence-corrected chi connectivity index (χ1v) is 12.0. The molecule has 124 valence electrons. The summed E-state index contributed by atoms with van der Waals surface area (Å²) in [5.74, 6) is 0. The van der Waals surface area contributed by atoms with Crippen LogP contribution in [0.15, 0.2) is 11.5 Å². The van der Waals surface area contributed by atoms with Crippen LogP contribution in [0.1, 0.15) is 32.9 Å². The average Bonchev–Trinajstić information content (AvgIpc) is 2.82. The number of rotatable bonds is 4. The summed E-state index contributed by atoms with van der Waals surface area (Å²) in [6, 6.07) is 0.472. The van der Waals surface area contributed by atoms with E-state index in [9.17, 15) is 0 Å². The maximum Gasteiger partial charge on any atom is 0.192 e. The largest absolute Gasteiger partial charge is 0.415 e. The Morgan fingerprint density at radius 2 is 2.14 bits per heavy atom. The van der Waals surface area contributed by atoms with Gasteiger partial charge in [-0.05, 0) is 49.4 Å². The van der Waals surface area contributed by atoms with Gasteiger partial charge in [0.25, 0.3) is 0 Å². The van der Waals surface area contributed by atoms with E-state index in [1.165, 1.54) is 11.3 Å². The third-order valence-electron chi connectivity index (χ3n) is 4.99. The second kappa shape index (κ2) is 6.69. The molecule has 1 aliphatic heterocycles. The zero-order chi connectivity index (χ0) is 16.5. The molecule has 2 heterocycles. The smallest absolute Gasteiger partial charge is 0.192 e. The van der Waals surface area contributed by atoms with E-state index in [4.69, 9.17) is 16.6 Å². The Bertz CT molecular complexity index is 598. The van der Waals surface area contributed by atoms with Gasteiger partial charge in [-0.1, -0.05) is 26.8 Å². The van der Waals surface area contributed by atoms with Crippen LogP contribution in [0.3, 0.4) is 0 Å². The molecule has 2 rings (SSSR count). The second-order valence-corrected chi connectivity index (χ2v) is 14.0. The van der Waals surface area contributed by atoms with Gasteiger partial charge in [-0.25, -0.2) is 0 Å². The van der Waals surface area contributed by atoms with E-state index in [0.717, 1.165) is 23.5 Å². The van der Waals surface area contributed by atoms with Gasteiger partial charge in [-0.15, -0.1) is 11.3 Å². The molecule has 1 atom stereocenters. The van der Waals surface area contributed by atoms with E-state index in [-0.39, 0.29) is 5.04 Å². The van der Waals surface area contributed by atoms with Crippen molar-refractivity contribution >= 4 is 37.4 Å². The van der Waals surface area contributed by atoms with Crippen molar-refractivity contribution in [3.8, 4) is 0 Å². The van der Waals surface area contributed by atoms with Crippen molar-refractivity contribution in [3.05, 3.63) is 21.1 Å². The number of thiazole rings is 1. The monoisotopic (exact) mass is 356 g/mol. The maximum atomic E-state index is 6.39. The minimum atomic E-state index is -1.66. The van der Waals surface area contributed by atoms with Crippen LogP contribution >= 0.6 is 23.6 Å². The van der Waals surface area contributed by atoms with E-state index in [0.29, 0.717) is 6.04 Å². The van der Waals surface area contributed by atoms with Crippen LogP contribution in [-0.4, -0.2) is 44.4 Å². The number of hydrogen-bond acceptors (Lipinski definition) is 4. The summed E-state index contributed by atoms with van der Waals surface area (Å²) in [4.78, 5) is 5.67. The molecule has 0 saturated carbocycles. The Labute approximate surface area is 144 Å². The molecule has 0 bridgehead atoms. The molecule has 1 aliphatic rings. The lowest BCUT2D eigenvalue weighted by atomic mass is 10.0. The lowest BCUT2D eigenvalue weighted by Gasteiger charge is -2.39. The molecule has 0 spiro atoms. The van der Waals surface area contributed by atoms with Crippen LogP contribution in [-0.2, 0) is 4.43 Å². The maximum absolute atomic E-state index is 6.39. The van der Waals surface area contributed by atoms with Crippen molar-refractivity contribution in [1.29, 1.82) is 0 Å². The molecule has 0 unspecified atom stereocenters. The van der Waals surface area contributed by atoms with Crippen molar-refractivity contribution in [2.24, 2.45) is 0 Å². The fourth-order valence-electron chi connectivity index (χ4n) is 2.27. The standard InChI is InChI=1S/C16H28N2OS2Si/c1-16(2,3)22(5,6)19-10-13-8-7-12(9-18(13)4)14-11-21-15(20)17-14/h7,11,13H,8-10H2,1-6H3,(H,17,20)/t13-/m0/s1. The molecule has 22 heavy (non-hydrogen) atoms. The molecule has 1 N–H and O–H groups in total. The lowest BCUT2D eigenvalue weighted by molar-refractivity contribution is 0.159. The Morgan fingerprint density at radius 3 is 2.64 bits per heavy atom. The van der Waals surface area contributed by atoms with Crippen molar-refractivity contribution in [1.82, 2.24) is 9.88 Å². The van der Waals surface area contributed by atoms with Gasteiger partial charge in [0.15, 0.2) is 12.3 Å². The molecular weight excluding hydrogens is 328 g/mol. The molecule has 0 amide bonds. The average molecular weight is 357 g/mol. The van der Waals surface area contributed by atoms with E-state index in [2.05, 4.69) is 62.3 Å². The molecule has 0 saturated heterocycles. The van der Waals surface area contributed by atoms with Crippen molar-refractivity contribution in [2.75, 3.05) is 20.2 Å². The van der Waals surface area contributed by atoms with Gasteiger partial charge in [0.05, 0.1) is 5.69 Å². The van der Waals surface area contributed by atoms with Gasteiger partial charge in [-0.2, -0.15) is 0 Å². The summed E-state index contributed by atoms with van der Waals surface area (Å²) in [6.45, 7) is 13.3. The molecule has 0 aromatic carbocycles. The van der Waals surface area contributed by atoms with Gasteiger partial charge in [0, 0.05) is 24.6 Å². The predicted octanol–water partition coefficient (Wildman–Crippen LogP) is 4.91. The third kappa shape index (κ3) is 4.17. The fourth-order valence-corrected chi connectivity index (χ4v) is 4.17. The van der Waals surface area contributed by atoms with Gasteiger partial charge in [0.2, 0.25) is 0 Å². The van der Waals surface area contributed by atoms with Crippen LogP contribution in [0.25, 0.3) is 5.57 Å². The summed E-state index contributed by atoms with van der Waals surface area (Å²) in [5.41, 5.74) is 2.52. The second-order valence-electron chi connectivity index (χ2n) is 7.67. The highest BCUT2D eigenvalue weighted by atomic mass is 32.1. The summed E-state index contributed by atoms with van der Waals surface area (Å²) < 4.78 is 7.24. The summed E-state index contributed by atoms with van der Waals surface area (Å²) in [7, 11) is 0.526. The number of H-pyrrole nitrogens is 1. The normalized spacial score (nSPS) is 21.0. The van der Waals surface area contributed by atoms with E-state index in [1.807, 2.05) is 0 Å². The van der Waals surface area contributed by atoms with Crippen molar-refractivity contribution in [2.45, 2.75) is 51.4 Å². The minimum Gasteiger partial charge on any atom is -0.415 e. The molecule has 0 fully saturated rings. The molecule has 0 aliphatic carbocycles. The highest BCUT2D eigenvalue weighted by molar-refractivity contribution is 7.73. The van der Waals surface area contributed by atoms with Crippen LogP contribution in [0, 0.1) is 3.95 Å². The SMILES string of the molecule is CN1CC(c2csc(=S)[nH]2)=CC[C@H]1CO[Si](C)(C)C(C)(C)C. The summed E-state index contributed by atoms with van der Waals surface area (Å²) in [5, 5.41) is 2.39. The quantitative estimate of drug-likeness (QED) is 0.613. The Hall–Kier alpha value is -0.273. The Morgan fingerprint density at radius 1 is 1.45 bits per heavy atom. The number of likely N-dealkylation sites (N-methyl/N-ethyl adjacent to an activating group) is 1. The van der Waals surface area contributed by atoms with Crippen molar-refractivity contribution in [3.63, 3.8) is 0 Å². The highest BCUT2D eigenvalue weighted by Gasteiger charge is 2.38. The van der Waals surface area contributed by atoms with Crippen LogP contribution < -0.4 is 0 Å². The first-order valence-electron chi connectivity index (χ1n) is 7.81. The molecule has 0 radical (unpaired) electrons. The van der Waals surface area contributed by atoms with Gasteiger partial charge < -0.3 is 9.41 Å². The number of aromatic amines is 1. The number of hydrogen-bond donors (Lipinski definition) is 1. The topological polar surface area (TPSA) is 28.3 Å². The van der Waals surface area contributed by atoms with Gasteiger partial charge >= 0.3 is 0 Å². The number of nitrogens with one attached hydrogen (secondary N) is 1. The van der Waals surface area contributed by atoms with E-state index >= 15 is 0 Å². The number of nitrogens with zero attached hydrogens (tertiary/aromatic N) is 1. The third-order valence-corrected chi connectivity index (χ3v) is 10.5. The fraction of sp³-hybridized carbons (Fsp3) is 0.688. The molecule has 1 aromatic heterocycles. The van der Waals surface area contributed by atoms with Gasteiger partial charge in [0.1, 0.15) is 0 Å². The van der Waals surface area contributed by atoms with E-state index in [1.54, 1.807) is 11.3 Å². The minimum absolute atomic E-state index is 0.271. The first kappa shape index (κ1) is 18.1.